The Balaban J connectivity index is 1.80. The Morgan fingerprint density at radius 1 is 1.37 bits per heavy atom. The van der Waals surface area contributed by atoms with Gasteiger partial charge in [-0.05, 0) is 41.8 Å². The molecule has 2 aromatic rings. The average molecular weight is 275 g/mol. The molecule has 0 saturated carbocycles. The van der Waals surface area contributed by atoms with Crippen molar-refractivity contribution in [3.05, 3.63) is 35.2 Å². The molecule has 2 heterocycles. The zero-order chi connectivity index (χ0) is 13.1. The number of thiophene rings is 1. The van der Waals surface area contributed by atoms with Gasteiger partial charge in [0.05, 0.1) is 6.10 Å². The fraction of sp³-hybridized carbons (Fsp3) is 0.500. The molecule has 1 fully saturated rings. The minimum atomic E-state index is 0.278. The molecule has 0 spiro atoms. The molecular formula is C16H21NOS. The molecule has 0 amide bonds. The van der Waals surface area contributed by atoms with Crippen molar-refractivity contribution in [1.82, 2.24) is 5.32 Å². The molecule has 3 rings (SSSR count). The fourth-order valence-corrected chi connectivity index (χ4v) is 3.85. The van der Waals surface area contributed by atoms with Crippen LogP contribution in [0.2, 0.25) is 0 Å². The molecule has 1 saturated heterocycles. The van der Waals surface area contributed by atoms with Crippen LogP contribution in [0.5, 0.6) is 0 Å². The van der Waals surface area contributed by atoms with Crippen LogP contribution in [-0.2, 0) is 4.74 Å². The van der Waals surface area contributed by atoms with E-state index in [4.69, 9.17) is 4.74 Å². The Labute approximate surface area is 118 Å². The first-order valence-corrected chi connectivity index (χ1v) is 8.06. The summed E-state index contributed by atoms with van der Waals surface area (Å²) in [6, 6.07) is 8.65. The predicted octanol–water partition coefficient (Wildman–Crippen LogP) is 3.98. The summed E-state index contributed by atoms with van der Waals surface area (Å²) in [5.41, 5.74) is 1.39. The number of benzene rings is 1. The molecule has 1 aliphatic heterocycles. The smallest absolute Gasteiger partial charge is 0.0880 e. The van der Waals surface area contributed by atoms with E-state index in [1.807, 2.05) is 11.3 Å². The quantitative estimate of drug-likeness (QED) is 0.833. The highest BCUT2D eigenvalue weighted by Gasteiger charge is 2.30. The minimum absolute atomic E-state index is 0.278. The molecule has 2 unspecified atom stereocenters. The summed E-state index contributed by atoms with van der Waals surface area (Å²) < 4.78 is 7.38. The van der Waals surface area contributed by atoms with Crippen LogP contribution >= 0.6 is 11.3 Å². The Hall–Kier alpha value is -0.900. The van der Waals surface area contributed by atoms with E-state index < -0.39 is 0 Å². The molecule has 2 atom stereocenters. The van der Waals surface area contributed by atoms with E-state index in [1.54, 1.807) is 0 Å². The van der Waals surface area contributed by atoms with Crippen molar-refractivity contribution in [2.24, 2.45) is 5.92 Å². The van der Waals surface area contributed by atoms with Gasteiger partial charge in [0, 0.05) is 23.8 Å². The van der Waals surface area contributed by atoms with E-state index >= 15 is 0 Å². The van der Waals surface area contributed by atoms with Crippen LogP contribution in [0.3, 0.4) is 0 Å². The number of nitrogens with one attached hydrogen (secondary N) is 1. The van der Waals surface area contributed by atoms with Crippen LogP contribution in [-0.4, -0.2) is 19.7 Å². The highest BCUT2D eigenvalue weighted by molar-refractivity contribution is 7.17. The maximum atomic E-state index is 6.02. The van der Waals surface area contributed by atoms with Gasteiger partial charge in [-0.1, -0.05) is 25.1 Å². The summed E-state index contributed by atoms with van der Waals surface area (Å²) in [6.07, 6.45) is 2.64. The van der Waals surface area contributed by atoms with Gasteiger partial charge in [0.2, 0.25) is 0 Å². The van der Waals surface area contributed by atoms with Crippen molar-refractivity contribution >= 4 is 21.4 Å². The van der Waals surface area contributed by atoms with Gasteiger partial charge < -0.3 is 10.1 Å². The Kier molecular flexibility index (Phi) is 4.16. The lowest BCUT2D eigenvalue weighted by Crippen LogP contribution is -2.25. The highest BCUT2D eigenvalue weighted by Crippen LogP contribution is 2.40. The zero-order valence-electron chi connectivity index (χ0n) is 11.4. The van der Waals surface area contributed by atoms with Crippen molar-refractivity contribution in [2.45, 2.75) is 25.9 Å². The topological polar surface area (TPSA) is 21.3 Å². The van der Waals surface area contributed by atoms with Crippen LogP contribution in [0.4, 0.5) is 0 Å². The lowest BCUT2D eigenvalue weighted by Gasteiger charge is -2.18. The number of hydrogen-bond donors (Lipinski definition) is 1. The Bertz CT molecular complexity index is 536. The van der Waals surface area contributed by atoms with Crippen molar-refractivity contribution in [1.29, 1.82) is 0 Å². The molecule has 0 bridgehead atoms. The summed E-state index contributed by atoms with van der Waals surface area (Å²) in [6.45, 7) is 5.28. The maximum absolute atomic E-state index is 6.02. The third-order valence-corrected chi connectivity index (χ3v) is 4.85. The predicted molar refractivity (Wildman–Crippen MR) is 81.8 cm³/mol. The number of fused-ring (bicyclic) bond motifs is 1. The van der Waals surface area contributed by atoms with Crippen LogP contribution in [0, 0.1) is 5.92 Å². The molecule has 2 nitrogen and oxygen atoms in total. The SMILES string of the molecule is CCCNCC1CCOC1c1csc2ccccc12. The Morgan fingerprint density at radius 3 is 3.16 bits per heavy atom. The van der Waals surface area contributed by atoms with Gasteiger partial charge in [0.1, 0.15) is 0 Å². The largest absolute Gasteiger partial charge is 0.373 e. The molecule has 0 aliphatic carbocycles. The van der Waals surface area contributed by atoms with Crippen molar-refractivity contribution in [3.63, 3.8) is 0 Å². The van der Waals surface area contributed by atoms with Crippen molar-refractivity contribution in [2.75, 3.05) is 19.7 Å². The molecule has 0 radical (unpaired) electrons. The van der Waals surface area contributed by atoms with Gasteiger partial charge in [-0.3, -0.25) is 0 Å². The number of rotatable bonds is 5. The number of ether oxygens (including phenoxy) is 1. The van der Waals surface area contributed by atoms with E-state index in [9.17, 15) is 0 Å². The van der Waals surface area contributed by atoms with Gasteiger partial charge >= 0.3 is 0 Å². The first-order valence-electron chi connectivity index (χ1n) is 7.18. The van der Waals surface area contributed by atoms with Crippen LogP contribution < -0.4 is 5.32 Å². The third kappa shape index (κ3) is 2.69. The van der Waals surface area contributed by atoms with E-state index in [-0.39, 0.29) is 6.10 Å². The summed E-state index contributed by atoms with van der Waals surface area (Å²) in [7, 11) is 0. The summed E-state index contributed by atoms with van der Waals surface area (Å²) in [4.78, 5) is 0. The van der Waals surface area contributed by atoms with Gasteiger partial charge in [-0.15, -0.1) is 11.3 Å². The first kappa shape index (κ1) is 13.1. The third-order valence-electron chi connectivity index (χ3n) is 3.86. The molecule has 102 valence electrons. The number of hydrogen-bond acceptors (Lipinski definition) is 3. The second-order valence-electron chi connectivity index (χ2n) is 5.23. The summed E-state index contributed by atoms with van der Waals surface area (Å²) in [5, 5.41) is 7.20. The Morgan fingerprint density at radius 2 is 2.26 bits per heavy atom. The molecule has 1 aliphatic rings. The van der Waals surface area contributed by atoms with Gasteiger partial charge in [-0.25, -0.2) is 0 Å². The molecule has 1 N–H and O–H groups in total. The molecule has 3 heteroatoms. The van der Waals surface area contributed by atoms with E-state index in [0.29, 0.717) is 5.92 Å². The van der Waals surface area contributed by atoms with Gasteiger partial charge in [0.25, 0.3) is 0 Å². The van der Waals surface area contributed by atoms with Crippen molar-refractivity contribution in [3.8, 4) is 0 Å². The van der Waals surface area contributed by atoms with E-state index in [1.165, 1.54) is 28.5 Å². The van der Waals surface area contributed by atoms with E-state index in [2.05, 4.69) is 41.9 Å². The standard InChI is InChI=1S/C16H21NOS/c1-2-8-17-10-12-7-9-18-16(12)14-11-19-15-6-4-3-5-13(14)15/h3-6,11-12,16-17H,2,7-10H2,1H3. The summed E-state index contributed by atoms with van der Waals surface area (Å²) in [5.74, 6) is 0.615. The maximum Gasteiger partial charge on any atom is 0.0880 e. The molecule has 19 heavy (non-hydrogen) atoms. The molecule has 1 aromatic heterocycles. The highest BCUT2D eigenvalue weighted by atomic mass is 32.1. The van der Waals surface area contributed by atoms with Gasteiger partial charge in [0.15, 0.2) is 0 Å². The van der Waals surface area contributed by atoms with Gasteiger partial charge in [-0.2, -0.15) is 0 Å². The van der Waals surface area contributed by atoms with Crippen LogP contribution in [0.15, 0.2) is 29.6 Å². The monoisotopic (exact) mass is 275 g/mol. The van der Waals surface area contributed by atoms with Crippen LogP contribution in [0.25, 0.3) is 10.1 Å². The molecule has 1 aromatic carbocycles. The average Bonchev–Trinajstić information content (AvgIpc) is 3.04. The summed E-state index contributed by atoms with van der Waals surface area (Å²) >= 11 is 1.83. The second-order valence-corrected chi connectivity index (χ2v) is 6.14. The lowest BCUT2D eigenvalue weighted by atomic mass is 9.95. The first-order chi connectivity index (χ1) is 9.40. The normalized spacial score (nSPS) is 23.2. The molecular weight excluding hydrogens is 254 g/mol. The van der Waals surface area contributed by atoms with E-state index in [0.717, 1.165) is 19.7 Å². The zero-order valence-corrected chi connectivity index (χ0v) is 12.2. The second kappa shape index (κ2) is 6.04. The minimum Gasteiger partial charge on any atom is -0.373 e. The van der Waals surface area contributed by atoms with Crippen LogP contribution in [0.1, 0.15) is 31.4 Å². The fourth-order valence-electron chi connectivity index (χ4n) is 2.87. The van der Waals surface area contributed by atoms with Crippen molar-refractivity contribution < 1.29 is 4.74 Å². The lowest BCUT2D eigenvalue weighted by molar-refractivity contribution is 0.0920.